The van der Waals surface area contributed by atoms with Gasteiger partial charge in [0.25, 0.3) is 0 Å². The third kappa shape index (κ3) is 3.75. The molecule has 0 aliphatic heterocycles. The van der Waals surface area contributed by atoms with Gasteiger partial charge in [0.15, 0.2) is 0 Å². The minimum atomic E-state index is -4.60. The van der Waals surface area contributed by atoms with Crippen LogP contribution in [-0.4, -0.2) is 18.1 Å². The molecule has 1 atom stereocenters. The maximum atomic E-state index is 10.8. The fourth-order valence-electron chi connectivity index (χ4n) is 1.27. The maximum Gasteiger partial charge on any atom is 1.00 e. The number of rotatable bonds is 3. The molecular formula is C10H13NaO4S. The molecule has 1 rings (SSSR count). The Bertz CT molecular complexity index is 456. The van der Waals surface area contributed by atoms with E-state index in [1.54, 1.807) is 6.07 Å². The molecule has 0 aliphatic carbocycles. The van der Waals surface area contributed by atoms with E-state index >= 15 is 0 Å². The molecule has 4 nitrogen and oxygen atoms in total. The van der Waals surface area contributed by atoms with E-state index in [1.807, 2.05) is 13.8 Å². The largest absolute Gasteiger partial charge is 1.00 e. The van der Waals surface area contributed by atoms with Crippen LogP contribution in [0.15, 0.2) is 23.1 Å². The van der Waals surface area contributed by atoms with Gasteiger partial charge in [0, 0.05) is 0 Å². The molecular weight excluding hydrogens is 239 g/mol. The molecule has 0 aromatic heterocycles. The number of benzene rings is 1. The van der Waals surface area contributed by atoms with Gasteiger partial charge in [-0.15, -0.1) is 0 Å². The van der Waals surface area contributed by atoms with Crippen LogP contribution in [0.3, 0.4) is 0 Å². The van der Waals surface area contributed by atoms with Gasteiger partial charge in [0.1, 0.15) is 15.9 Å². The van der Waals surface area contributed by atoms with E-state index in [1.165, 1.54) is 12.1 Å². The average Bonchev–Trinajstić information content (AvgIpc) is 2.15. The van der Waals surface area contributed by atoms with E-state index < -0.39 is 20.8 Å². The van der Waals surface area contributed by atoms with E-state index in [9.17, 15) is 18.1 Å². The predicted molar refractivity (Wildman–Crippen MR) is 54.8 cm³/mol. The van der Waals surface area contributed by atoms with E-state index in [0.29, 0.717) is 0 Å². The van der Waals surface area contributed by atoms with Crippen molar-refractivity contribution in [1.82, 2.24) is 0 Å². The van der Waals surface area contributed by atoms with Crippen LogP contribution in [0.5, 0.6) is 5.75 Å². The number of aromatic hydroxyl groups is 1. The normalized spacial score (nSPS) is 12.9. The predicted octanol–water partition coefficient (Wildman–Crippen LogP) is -1.19. The van der Waals surface area contributed by atoms with Crippen LogP contribution in [0.1, 0.15) is 31.7 Å². The summed E-state index contributed by atoms with van der Waals surface area (Å²) in [7, 11) is -4.60. The Labute approximate surface area is 118 Å². The summed E-state index contributed by atoms with van der Waals surface area (Å²) < 4.78 is 32.4. The number of phenols is 1. The fourth-order valence-corrected chi connectivity index (χ4v) is 1.88. The summed E-state index contributed by atoms with van der Waals surface area (Å²) in [6.45, 7) is 3.89. The summed E-state index contributed by atoms with van der Waals surface area (Å²) in [6.07, 6.45) is 0.836. The van der Waals surface area contributed by atoms with Crippen LogP contribution < -0.4 is 29.6 Å². The Morgan fingerprint density at radius 3 is 2.44 bits per heavy atom. The minimum absolute atomic E-state index is 0. The van der Waals surface area contributed by atoms with Crippen molar-refractivity contribution in [3.8, 4) is 5.75 Å². The standard InChI is InChI=1S/C10H14O4S.Na/c1-3-7(2)8-4-5-9(11)10(6-8)15(12,13)14;/h4-7,11H,3H2,1-2H3,(H,12,13,14);/q;+1/p-1. The Morgan fingerprint density at radius 1 is 1.44 bits per heavy atom. The smallest absolute Gasteiger partial charge is 0.744 e. The zero-order valence-corrected chi connectivity index (χ0v) is 12.4. The molecule has 0 saturated heterocycles. The molecule has 0 saturated carbocycles. The topological polar surface area (TPSA) is 77.4 Å². The molecule has 0 heterocycles. The van der Waals surface area contributed by atoms with Crippen molar-refractivity contribution in [1.29, 1.82) is 0 Å². The second kappa shape index (κ2) is 6.02. The van der Waals surface area contributed by atoms with Gasteiger partial charge >= 0.3 is 29.6 Å². The van der Waals surface area contributed by atoms with E-state index in [2.05, 4.69) is 0 Å². The Morgan fingerprint density at radius 2 is 2.00 bits per heavy atom. The maximum absolute atomic E-state index is 10.8. The molecule has 0 spiro atoms. The molecule has 1 N–H and O–H groups in total. The third-order valence-corrected chi connectivity index (χ3v) is 3.30. The van der Waals surface area contributed by atoms with Gasteiger partial charge in [-0.1, -0.05) is 19.9 Å². The van der Waals surface area contributed by atoms with Crippen molar-refractivity contribution >= 4 is 10.1 Å². The summed E-state index contributed by atoms with van der Waals surface area (Å²) in [4.78, 5) is -0.541. The van der Waals surface area contributed by atoms with E-state index in [0.717, 1.165) is 12.0 Å². The van der Waals surface area contributed by atoms with Crippen molar-refractivity contribution in [3.63, 3.8) is 0 Å². The van der Waals surface area contributed by atoms with Crippen molar-refractivity contribution in [2.24, 2.45) is 0 Å². The molecule has 1 aromatic rings. The zero-order valence-electron chi connectivity index (χ0n) is 9.60. The van der Waals surface area contributed by atoms with Gasteiger partial charge in [0.05, 0.1) is 4.90 Å². The molecule has 0 amide bonds. The quantitative estimate of drug-likeness (QED) is 0.542. The number of phenolic OH excluding ortho intramolecular Hbond substituents is 1. The molecule has 0 radical (unpaired) electrons. The van der Waals surface area contributed by atoms with Crippen LogP contribution in [0, 0.1) is 0 Å². The minimum Gasteiger partial charge on any atom is -0.744 e. The molecule has 0 fully saturated rings. The van der Waals surface area contributed by atoms with Crippen LogP contribution in [-0.2, 0) is 10.1 Å². The monoisotopic (exact) mass is 252 g/mol. The third-order valence-electron chi connectivity index (χ3n) is 2.43. The molecule has 1 unspecified atom stereocenters. The summed E-state index contributed by atoms with van der Waals surface area (Å²) >= 11 is 0. The Kier molecular flexibility index (Phi) is 6.00. The Balaban J connectivity index is 0.00000225. The second-order valence-electron chi connectivity index (χ2n) is 3.49. The summed E-state index contributed by atoms with van der Waals surface area (Å²) in [6, 6.07) is 4.11. The number of hydrogen-bond acceptors (Lipinski definition) is 4. The summed E-state index contributed by atoms with van der Waals surface area (Å²) in [5.41, 5.74) is 0.740. The van der Waals surface area contributed by atoms with Crippen molar-refractivity contribution in [3.05, 3.63) is 23.8 Å². The first-order valence-electron chi connectivity index (χ1n) is 4.65. The van der Waals surface area contributed by atoms with Crippen molar-refractivity contribution in [2.75, 3.05) is 0 Å². The Hall–Kier alpha value is -0.0700. The van der Waals surface area contributed by atoms with Crippen LogP contribution in [0.2, 0.25) is 0 Å². The SMILES string of the molecule is CCC(C)c1ccc(O)c(S(=O)(=O)[O-])c1.[Na+]. The second-order valence-corrected chi connectivity index (χ2v) is 4.84. The van der Waals surface area contributed by atoms with Crippen molar-refractivity contribution < 1.29 is 47.6 Å². The number of hydrogen-bond donors (Lipinski definition) is 1. The molecule has 0 bridgehead atoms. The van der Waals surface area contributed by atoms with Crippen LogP contribution >= 0.6 is 0 Å². The van der Waals surface area contributed by atoms with Gasteiger partial charge in [-0.25, -0.2) is 8.42 Å². The molecule has 6 heteroatoms. The van der Waals surface area contributed by atoms with E-state index in [4.69, 9.17) is 0 Å². The fraction of sp³-hybridized carbons (Fsp3) is 0.400. The first-order chi connectivity index (χ1) is 6.86. The zero-order chi connectivity index (χ0) is 11.6. The molecule has 0 aliphatic rings. The first-order valence-corrected chi connectivity index (χ1v) is 6.06. The van der Waals surface area contributed by atoms with Crippen LogP contribution in [0.25, 0.3) is 0 Å². The first kappa shape index (κ1) is 15.9. The molecule has 1 aromatic carbocycles. The summed E-state index contributed by atoms with van der Waals surface area (Å²) in [5.74, 6) is -0.330. The summed E-state index contributed by atoms with van der Waals surface area (Å²) in [5, 5.41) is 9.25. The van der Waals surface area contributed by atoms with E-state index in [-0.39, 0.29) is 35.5 Å². The van der Waals surface area contributed by atoms with Gasteiger partial charge in [-0.05, 0) is 30.0 Å². The van der Waals surface area contributed by atoms with Gasteiger partial charge in [0.2, 0.25) is 0 Å². The van der Waals surface area contributed by atoms with Crippen LogP contribution in [0.4, 0.5) is 0 Å². The molecule has 16 heavy (non-hydrogen) atoms. The van der Waals surface area contributed by atoms with Gasteiger partial charge in [-0.2, -0.15) is 0 Å². The molecule has 84 valence electrons. The van der Waals surface area contributed by atoms with Gasteiger partial charge in [-0.3, -0.25) is 0 Å². The van der Waals surface area contributed by atoms with Crippen molar-refractivity contribution in [2.45, 2.75) is 31.1 Å². The average molecular weight is 252 g/mol. The van der Waals surface area contributed by atoms with Gasteiger partial charge < -0.3 is 9.66 Å².